The third-order valence-electron chi connectivity index (χ3n) is 27.8. The molecule has 0 amide bonds. The lowest BCUT2D eigenvalue weighted by molar-refractivity contribution is 0.594. The molecule has 16 heterocycles. The number of rotatable bonds is 0. The molecular weight excluding hydrogens is 1560 g/mol. The summed E-state index contributed by atoms with van der Waals surface area (Å²) in [7, 11) is 16.9. The molecule has 0 fully saturated rings. The van der Waals surface area contributed by atoms with Gasteiger partial charge in [-0.15, -0.1) is 0 Å². The van der Waals surface area contributed by atoms with Gasteiger partial charge in [0, 0.05) is 91.0 Å². The molecule has 11 aromatic carbocycles. The van der Waals surface area contributed by atoms with Crippen LogP contribution >= 0.6 is 0 Å². The van der Waals surface area contributed by atoms with Crippen LogP contribution in [0.3, 0.4) is 0 Å². The Morgan fingerprint density at radius 1 is 0.222 bits per heavy atom. The third kappa shape index (κ3) is 9.61. The lowest BCUT2D eigenvalue weighted by Gasteiger charge is -2.19. The largest absolute Gasteiger partial charge is 0.312 e. The lowest BCUT2D eigenvalue weighted by atomic mass is 9.86. The van der Waals surface area contributed by atoms with Crippen molar-refractivity contribution in [3.63, 3.8) is 0 Å². The van der Waals surface area contributed by atoms with Crippen molar-refractivity contribution >= 4 is 212 Å². The standard InChI is InChI=1S/C31H34N6.C25H22N6.C23H18N6.C23H24N6/c1-17-26-22(36-20-14-10-12-18(30(2,3)4)24(20)32-28(36)34(26)8)16-23-27(17)35(9)29-33-25-19(31(5,6)7)13-11-15-21(25)37(23)29;1-13-8-6-10-16-20(13)26-24-28(4)22-15(3)23-19(12-18(22)30(16)24)31-17-11-7-9-14(2)21(17)27-25(31)29(23)5;1-13-20-18(28-16-10-6-4-8-14(16)24-22(28)26(20)2)12-19-21(13)27(3)23-25-15-9-5-7-11-17(15)29(19)23;1-13-19-16(28-11-10-24-21(28)26(19)5)12-17-20(13)27(6)22-25-18-14(23(2,3)4)8-7-9-15(18)29(17)22/h10-16H,1-9H3;6-12H,1-5H3;4-12H,1-3H3;7-12H,1-6H3. The van der Waals surface area contributed by atoms with Crippen molar-refractivity contribution in [2.75, 3.05) is 0 Å². The monoisotopic (exact) mass is 1660 g/mol. The quantitative estimate of drug-likeness (QED) is 0.144. The van der Waals surface area contributed by atoms with Crippen molar-refractivity contribution < 1.29 is 0 Å². The first-order valence-electron chi connectivity index (χ1n) is 43.4. The van der Waals surface area contributed by atoms with E-state index >= 15 is 0 Å². The van der Waals surface area contributed by atoms with Crippen molar-refractivity contribution in [1.29, 1.82) is 0 Å². The molecular formula is C102H98N24. The predicted octanol–water partition coefficient (Wildman–Crippen LogP) is 21.7. The third-order valence-corrected chi connectivity index (χ3v) is 27.8. The van der Waals surface area contributed by atoms with Gasteiger partial charge in [-0.25, -0.2) is 39.9 Å². The van der Waals surface area contributed by atoms with Crippen molar-refractivity contribution in [3.05, 3.63) is 226 Å². The summed E-state index contributed by atoms with van der Waals surface area (Å²) in [4.78, 5) is 39.8. The van der Waals surface area contributed by atoms with Gasteiger partial charge in [-0.1, -0.05) is 147 Å². The molecule has 0 aliphatic heterocycles. The number of fused-ring (bicyclic) bond motifs is 38. The highest BCUT2D eigenvalue weighted by molar-refractivity contribution is 6.09. The van der Waals surface area contributed by atoms with Crippen LogP contribution < -0.4 is 0 Å². The van der Waals surface area contributed by atoms with Crippen LogP contribution in [0.15, 0.2) is 176 Å². The van der Waals surface area contributed by atoms with Crippen LogP contribution in [-0.4, -0.2) is 112 Å². The summed E-state index contributed by atoms with van der Waals surface area (Å²) in [5.41, 5.74) is 45.8. The molecule has 27 rings (SSSR count). The van der Waals surface area contributed by atoms with Crippen molar-refractivity contribution in [2.24, 2.45) is 56.4 Å². The molecule has 0 aliphatic carbocycles. The fourth-order valence-electron chi connectivity index (χ4n) is 22.1. The molecule has 0 spiro atoms. The fraction of sp³-hybridized carbons (Fsp3) is 0.255. The van der Waals surface area contributed by atoms with Crippen LogP contribution in [0.25, 0.3) is 212 Å². The number of para-hydroxylation sites is 9. The highest BCUT2D eigenvalue weighted by atomic mass is 15.3. The molecule has 16 aromatic heterocycles. The van der Waals surface area contributed by atoms with Crippen LogP contribution in [0.5, 0.6) is 0 Å². The summed E-state index contributed by atoms with van der Waals surface area (Å²) >= 11 is 0. The molecule has 626 valence electrons. The van der Waals surface area contributed by atoms with Crippen LogP contribution in [0.1, 0.15) is 112 Å². The number of aromatic nitrogens is 24. The van der Waals surface area contributed by atoms with Crippen LogP contribution in [0, 0.1) is 41.5 Å². The summed E-state index contributed by atoms with van der Waals surface area (Å²) in [6, 6.07) is 58.4. The second-order valence-electron chi connectivity index (χ2n) is 38.4. The van der Waals surface area contributed by atoms with Crippen molar-refractivity contribution in [3.8, 4) is 0 Å². The Bertz CT molecular complexity index is 9130. The molecule has 24 nitrogen and oxygen atoms in total. The Kier molecular flexibility index (Phi) is 14.9. The van der Waals surface area contributed by atoms with Gasteiger partial charge in [0.05, 0.1) is 166 Å². The van der Waals surface area contributed by atoms with Gasteiger partial charge in [-0.3, -0.25) is 35.2 Å². The smallest absolute Gasteiger partial charge is 0.215 e. The predicted molar refractivity (Wildman–Crippen MR) is 515 cm³/mol. The zero-order valence-electron chi connectivity index (χ0n) is 75.5. The molecule has 0 radical (unpaired) electrons. The van der Waals surface area contributed by atoms with E-state index in [0.29, 0.717) is 0 Å². The van der Waals surface area contributed by atoms with E-state index in [4.69, 9.17) is 34.9 Å². The topological polar surface area (TPSA) is 178 Å². The first-order valence-corrected chi connectivity index (χ1v) is 43.4. The Balaban J connectivity index is 0.0000000944. The Morgan fingerprint density at radius 3 is 0.754 bits per heavy atom. The van der Waals surface area contributed by atoms with Gasteiger partial charge in [0.25, 0.3) is 0 Å². The van der Waals surface area contributed by atoms with Crippen LogP contribution in [0.4, 0.5) is 0 Å². The maximum atomic E-state index is 5.20. The summed E-state index contributed by atoms with van der Waals surface area (Å²) < 4.78 is 36.1. The molecule has 0 bridgehead atoms. The van der Waals surface area contributed by atoms with Gasteiger partial charge in [0.1, 0.15) is 0 Å². The minimum absolute atomic E-state index is 0.0164. The first kappa shape index (κ1) is 75.1. The van der Waals surface area contributed by atoms with E-state index in [1.807, 2.05) is 24.5 Å². The highest BCUT2D eigenvalue weighted by Gasteiger charge is 2.32. The molecule has 24 heteroatoms. The average molecular weight is 1660 g/mol. The van der Waals surface area contributed by atoms with E-state index < -0.39 is 0 Å². The number of nitrogens with zero attached hydrogens (tertiary/aromatic N) is 24. The minimum atomic E-state index is 0.0164. The maximum Gasteiger partial charge on any atom is 0.215 e. The molecule has 0 N–H and O–H groups in total. The van der Waals surface area contributed by atoms with E-state index in [1.54, 1.807) is 0 Å². The number of aryl methyl sites for hydroxylation is 14. The molecule has 27 aromatic rings. The zero-order valence-corrected chi connectivity index (χ0v) is 75.5. The van der Waals surface area contributed by atoms with Crippen molar-refractivity contribution in [1.82, 2.24) is 112 Å². The van der Waals surface area contributed by atoms with Gasteiger partial charge >= 0.3 is 0 Å². The molecule has 0 atom stereocenters. The fourth-order valence-corrected chi connectivity index (χ4v) is 22.1. The molecule has 0 unspecified atom stereocenters. The lowest BCUT2D eigenvalue weighted by Crippen LogP contribution is -2.11. The highest BCUT2D eigenvalue weighted by Crippen LogP contribution is 2.44. The summed E-state index contributed by atoms with van der Waals surface area (Å²) in [6.45, 7) is 33.4. The van der Waals surface area contributed by atoms with Gasteiger partial charge in [0.2, 0.25) is 46.2 Å². The van der Waals surface area contributed by atoms with Gasteiger partial charge in [-0.05, 0) is 164 Å². The second-order valence-corrected chi connectivity index (χ2v) is 38.4. The first-order chi connectivity index (χ1) is 60.3. The minimum Gasteiger partial charge on any atom is -0.312 e. The second kappa shape index (κ2) is 25.1. The van der Waals surface area contributed by atoms with E-state index in [9.17, 15) is 0 Å². The summed E-state index contributed by atoms with van der Waals surface area (Å²) in [6.07, 6.45) is 3.89. The van der Waals surface area contributed by atoms with Crippen LogP contribution in [-0.2, 0) is 72.6 Å². The Morgan fingerprint density at radius 2 is 0.452 bits per heavy atom. The molecule has 126 heavy (non-hydrogen) atoms. The summed E-state index contributed by atoms with van der Waals surface area (Å²) in [5.74, 6) is 7.76. The zero-order chi connectivity index (χ0) is 87.0. The Hall–Kier alpha value is -14.7. The summed E-state index contributed by atoms with van der Waals surface area (Å²) in [5, 5.41) is 0. The number of benzene rings is 11. The number of hydrogen-bond acceptors (Lipinski definition) is 8. The average Bonchev–Trinajstić information content (AvgIpc) is 1.53. The maximum absolute atomic E-state index is 5.20. The van der Waals surface area contributed by atoms with Crippen LogP contribution in [0.2, 0.25) is 0 Å². The van der Waals surface area contributed by atoms with E-state index in [2.05, 4.69) is 389 Å². The molecule has 0 aliphatic rings. The Labute approximate surface area is 721 Å². The van der Waals surface area contributed by atoms with Gasteiger partial charge in [-0.2, -0.15) is 0 Å². The van der Waals surface area contributed by atoms with E-state index in [1.165, 1.54) is 138 Å². The number of hydrogen-bond donors (Lipinski definition) is 0. The number of imidazole rings is 16. The molecule has 0 saturated carbocycles. The normalized spacial score (nSPS) is 13.0. The van der Waals surface area contributed by atoms with Gasteiger partial charge in [0.15, 0.2) is 0 Å². The van der Waals surface area contributed by atoms with E-state index in [0.717, 1.165) is 123 Å². The van der Waals surface area contributed by atoms with Crippen molar-refractivity contribution in [2.45, 2.75) is 120 Å². The SMILES string of the molecule is Cc1c2c(cc3c1n(C)c1nc4c(C(C)(C)C)cccc4n31)n1c3cccc(C(C)(C)C)c3nc1n2C.Cc1c2c(cc3c1n(C)c1nc4c(C(C)(C)C)cccc4n31)n1ccnc1n2C.Cc1c2c(cc3c1n(C)c1nc4ccccc4n31)n1c3ccccc3nc1n2C.Cc1cccc2c1nc1n(C)c3c(C)c4c(cc3n21)n1c2cccc(C)c2nc1n4C. The van der Waals surface area contributed by atoms with Gasteiger partial charge < -0.3 is 36.5 Å². The van der Waals surface area contributed by atoms with E-state index in [-0.39, 0.29) is 16.2 Å². The molecule has 0 saturated heterocycles.